The molecule has 0 aliphatic carbocycles. The molecule has 6 nitrogen and oxygen atoms in total. The Kier molecular flexibility index (Phi) is 8.35. The monoisotopic (exact) mass is 542 g/mol. The number of piperidine rings is 1. The summed E-state index contributed by atoms with van der Waals surface area (Å²) in [5.74, 6) is 1.97. The summed E-state index contributed by atoms with van der Waals surface area (Å²) < 4.78 is 17.0. The van der Waals surface area contributed by atoms with Crippen LogP contribution in [0.3, 0.4) is 0 Å². The summed E-state index contributed by atoms with van der Waals surface area (Å²) in [6, 6.07) is 26.5. The largest absolute Gasteiger partial charge is 0.497 e. The highest BCUT2D eigenvalue weighted by atomic mass is 35.5. The van der Waals surface area contributed by atoms with Crippen molar-refractivity contribution < 1.29 is 19.0 Å². The molecule has 200 valence electrons. The van der Waals surface area contributed by atoms with E-state index in [0.717, 1.165) is 59.7 Å². The minimum atomic E-state index is -0.216. The molecule has 5 rings (SSSR count). The number of amides is 1. The van der Waals surface area contributed by atoms with Gasteiger partial charge in [-0.15, -0.1) is 0 Å². The van der Waals surface area contributed by atoms with Crippen LogP contribution in [-0.2, 0) is 0 Å². The Morgan fingerprint density at radius 1 is 0.821 bits per heavy atom. The summed E-state index contributed by atoms with van der Waals surface area (Å²) in [5, 5.41) is 6.95. The second-order valence-corrected chi connectivity index (χ2v) is 9.79. The van der Waals surface area contributed by atoms with Crippen molar-refractivity contribution in [3.63, 3.8) is 0 Å². The van der Waals surface area contributed by atoms with Gasteiger partial charge in [-0.05, 0) is 97.7 Å². The normalized spacial score (nSPS) is 13.5. The molecule has 0 radical (unpaired) electrons. The molecule has 1 fully saturated rings. The Bertz CT molecular complexity index is 1450. The van der Waals surface area contributed by atoms with E-state index in [-0.39, 0.29) is 12.0 Å². The molecule has 0 atom stereocenters. The smallest absolute Gasteiger partial charge is 0.255 e. The molecule has 39 heavy (non-hydrogen) atoms. The maximum atomic E-state index is 13.1. The van der Waals surface area contributed by atoms with Gasteiger partial charge in [-0.2, -0.15) is 0 Å². The van der Waals surface area contributed by atoms with Crippen molar-refractivity contribution in [1.82, 2.24) is 5.32 Å². The molecular formula is C32H31ClN2O4. The van der Waals surface area contributed by atoms with Crippen LogP contribution >= 0.6 is 11.6 Å². The molecule has 1 amide bonds. The van der Waals surface area contributed by atoms with Crippen molar-refractivity contribution in [1.29, 1.82) is 0 Å². The fraction of sp³-hybridized carbons (Fsp3) is 0.219. The molecule has 4 aromatic rings. The van der Waals surface area contributed by atoms with Crippen molar-refractivity contribution in [3.8, 4) is 39.5 Å². The van der Waals surface area contributed by atoms with E-state index >= 15 is 0 Å². The van der Waals surface area contributed by atoms with Crippen LogP contribution in [0.2, 0.25) is 5.02 Å². The Labute approximate surface area is 233 Å². The number of benzene rings is 4. The van der Waals surface area contributed by atoms with Gasteiger partial charge in [-0.25, -0.2) is 0 Å². The van der Waals surface area contributed by atoms with Gasteiger partial charge in [0.15, 0.2) is 0 Å². The lowest BCUT2D eigenvalue weighted by Crippen LogP contribution is -2.34. The lowest BCUT2D eigenvalue weighted by atomic mass is 10.0. The first-order chi connectivity index (χ1) is 19.0. The zero-order chi connectivity index (χ0) is 27.2. The van der Waals surface area contributed by atoms with Gasteiger partial charge < -0.3 is 24.8 Å². The molecule has 1 saturated heterocycles. The van der Waals surface area contributed by atoms with Gasteiger partial charge in [0.25, 0.3) is 5.91 Å². The predicted molar refractivity (Wildman–Crippen MR) is 156 cm³/mol. The molecule has 0 saturated carbocycles. The molecular weight excluding hydrogens is 512 g/mol. The molecule has 0 unspecified atom stereocenters. The average Bonchev–Trinajstić information content (AvgIpc) is 2.98. The first-order valence-electron chi connectivity index (χ1n) is 13.0. The van der Waals surface area contributed by atoms with E-state index in [1.54, 1.807) is 26.4 Å². The number of nitrogens with one attached hydrogen (secondary N) is 2. The van der Waals surface area contributed by atoms with Crippen molar-refractivity contribution in [3.05, 3.63) is 95.5 Å². The Hall–Kier alpha value is -4.00. The van der Waals surface area contributed by atoms with Crippen molar-refractivity contribution in [2.45, 2.75) is 18.9 Å². The molecule has 7 heteroatoms. The third kappa shape index (κ3) is 6.36. The number of ether oxygens (including phenoxy) is 3. The molecule has 4 aromatic carbocycles. The average molecular weight is 543 g/mol. The summed E-state index contributed by atoms with van der Waals surface area (Å²) in [4.78, 5) is 13.1. The molecule has 1 aliphatic rings. The van der Waals surface area contributed by atoms with Crippen LogP contribution in [-0.4, -0.2) is 39.3 Å². The van der Waals surface area contributed by atoms with E-state index in [1.165, 1.54) is 0 Å². The van der Waals surface area contributed by atoms with E-state index in [9.17, 15) is 4.79 Å². The maximum absolute atomic E-state index is 13.1. The van der Waals surface area contributed by atoms with Gasteiger partial charge in [0, 0.05) is 22.4 Å². The maximum Gasteiger partial charge on any atom is 0.255 e. The number of anilines is 1. The summed E-state index contributed by atoms with van der Waals surface area (Å²) >= 11 is 6.61. The Morgan fingerprint density at radius 2 is 1.62 bits per heavy atom. The summed E-state index contributed by atoms with van der Waals surface area (Å²) in [6.07, 6.45) is 2.20. The fourth-order valence-electron chi connectivity index (χ4n) is 4.71. The topological polar surface area (TPSA) is 68.8 Å². The molecule has 1 heterocycles. The van der Waals surface area contributed by atoms with E-state index in [2.05, 4.69) is 10.6 Å². The van der Waals surface area contributed by atoms with Crippen molar-refractivity contribution in [2.24, 2.45) is 0 Å². The molecule has 2 N–H and O–H groups in total. The third-order valence-corrected chi connectivity index (χ3v) is 7.14. The number of hydrogen-bond donors (Lipinski definition) is 2. The minimum Gasteiger partial charge on any atom is -0.497 e. The van der Waals surface area contributed by atoms with Gasteiger partial charge in [0.05, 0.1) is 19.2 Å². The third-order valence-electron chi connectivity index (χ3n) is 6.83. The number of halogens is 1. The van der Waals surface area contributed by atoms with Crippen LogP contribution < -0.4 is 24.8 Å². The first-order valence-corrected chi connectivity index (χ1v) is 13.3. The highest BCUT2D eigenvalue weighted by Gasteiger charge is 2.16. The first kappa shape index (κ1) is 26.6. The predicted octanol–water partition coefficient (Wildman–Crippen LogP) is 7.07. The van der Waals surface area contributed by atoms with E-state index in [0.29, 0.717) is 22.0 Å². The quantitative estimate of drug-likeness (QED) is 0.249. The minimum absolute atomic E-state index is 0.216. The van der Waals surface area contributed by atoms with Crippen molar-refractivity contribution >= 4 is 23.2 Å². The SMILES string of the molecule is COc1cccc(-c2cc(C(=O)Nc3ccc(-c4ccc(OC5CCNCC5)cc4Cl)cc3)ccc2OC)c1. The molecule has 0 spiro atoms. The molecule has 0 aromatic heterocycles. The fourth-order valence-corrected chi connectivity index (χ4v) is 4.99. The van der Waals surface area contributed by atoms with Crippen LogP contribution in [0.4, 0.5) is 5.69 Å². The van der Waals surface area contributed by atoms with Gasteiger partial charge in [-0.3, -0.25) is 4.79 Å². The number of carbonyl (C=O) groups excluding carboxylic acids is 1. The lowest BCUT2D eigenvalue weighted by Gasteiger charge is -2.24. The second kappa shape index (κ2) is 12.2. The summed E-state index contributed by atoms with van der Waals surface area (Å²) in [7, 11) is 3.24. The van der Waals surface area contributed by atoms with Gasteiger partial charge >= 0.3 is 0 Å². The Morgan fingerprint density at radius 3 is 2.33 bits per heavy atom. The van der Waals surface area contributed by atoms with Crippen LogP contribution in [0.15, 0.2) is 84.9 Å². The highest BCUT2D eigenvalue weighted by Crippen LogP contribution is 2.34. The van der Waals surface area contributed by atoms with Crippen LogP contribution in [0.1, 0.15) is 23.2 Å². The molecule has 1 aliphatic heterocycles. The molecule has 0 bridgehead atoms. The van der Waals surface area contributed by atoms with Crippen LogP contribution in [0, 0.1) is 0 Å². The van der Waals surface area contributed by atoms with Gasteiger partial charge in [0.2, 0.25) is 0 Å². The van der Waals surface area contributed by atoms with E-state index in [4.69, 9.17) is 25.8 Å². The summed E-state index contributed by atoms with van der Waals surface area (Å²) in [5.41, 5.74) is 4.77. The number of methoxy groups -OCH3 is 2. The van der Waals surface area contributed by atoms with Gasteiger partial charge in [-0.1, -0.05) is 35.9 Å². The van der Waals surface area contributed by atoms with E-state index in [1.807, 2.05) is 72.8 Å². The van der Waals surface area contributed by atoms with Crippen LogP contribution in [0.5, 0.6) is 17.2 Å². The zero-order valence-electron chi connectivity index (χ0n) is 22.0. The number of carbonyl (C=O) groups is 1. The van der Waals surface area contributed by atoms with E-state index < -0.39 is 0 Å². The Balaban J connectivity index is 1.29. The van der Waals surface area contributed by atoms with Crippen molar-refractivity contribution in [2.75, 3.05) is 32.6 Å². The van der Waals surface area contributed by atoms with Gasteiger partial charge in [0.1, 0.15) is 23.4 Å². The second-order valence-electron chi connectivity index (χ2n) is 9.39. The highest BCUT2D eigenvalue weighted by molar-refractivity contribution is 6.33. The number of rotatable bonds is 8. The van der Waals surface area contributed by atoms with Crippen LogP contribution in [0.25, 0.3) is 22.3 Å². The number of hydrogen-bond acceptors (Lipinski definition) is 5. The zero-order valence-corrected chi connectivity index (χ0v) is 22.8. The lowest BCUT2D eigenvalue weighted by molar-refractivity contribution is 0.102. The summed E-state index contributed by atoms with van der Waals surface area (Å²) in [6.45, 7) is 1.95. The standard InChI is InChI=1S/C32H31ClN2O4/c1-37-26-5-3-4-22(18-26)29-19-23(8-13-31(29)38-2)32(36)35-24-9-6-21(7-10-24)28-12-11-27(20-30(28)33)39-25-14-16-34-17-15-25/h3-13,18-20,25,34H,14-17H2,1-2H3,(H,35,36).